The van der Waals surface area contributed by atoms with Gasteiger partial charge in [-0.1, -0.05) is 19.4 Å². The maximum Gasteiger partial charge on any atom is 0.341 e. The van der Waals surface area contributed by atoms with Crippen molar-refractivity contribution in [1.29, 1.82) is 0 Å². The van der Waals surface area contributed by atoms with Crippen molar-refractivity contribution in [3.8, 4) is 5.75 Å². The highest BCUT2D eigenvalue weighted by atomic mass is 32.1. The van der Waals surface area contributed by atoms with Gasteiger partial charge in [-0.15, -0.1) is 11.3 Å². The Morgan fingerprint density at radius 1 is 1.23 bits per heavy atom. The number of esters is 1. The molecule has 0 aliphatic heterocycles. The van der Waals surface area contributed by atoms with Crippen LogP contribution in [0.1, 0.15) is 63.8 Å². The van der Waals surface area contributed by atoms with E-state index in [0.29, 0.717) is 28.5 Å². The molecule has 1 amide bonds. The van der Waals surface area contributed by atoms with Gasteiger partial charge in [0.2, 0.25) is 0 Å². The quantitative estimate of drug-likeness (QED) is 0.364. The number of ether oxygens (including phenoxy) is 2. The van der Waals surface area contributed by atoms with Crippen molar-refractivity contribution in [3.05, 3.63) is 45.8 Å². The zero-order chi connectivity index (χ0) is 21.5. The van der Waals surface area contributed by atoms with Crippen LogP contribution in [0, 0.1) is 0 Å². The van der Waals surface area contributed by atoms with Crippen molar-refractivity contribution in [2.45, 2.75) is 45.4 Å². The number of thiocarbonyl (C=S) groups is 1. The largest absolute Gasteiger partial charge is 0.494 e. The van der Waals surface area contributed by atoms with Gasteiger partial charge in [0.1, 0.15) is 10.8 Å². The smallest absolute Gasteiger partial charge is 0.341 e. The fourth-order valence-electron chi connectivity index (χ4n) is 3.34. The number of unbranched alkanes of at least 4 members (excludes halogenated alkanes) is 1. The number of thiophene rings is 1. The van der Waals surface area contributed by atoms with Gasteiger partial charge in [-0.05, 0) is 68.1 Å². The molecule has 0 unspecified atom stereocenters. The maximum absolute atomic E-state index is 12.6. The van der Waals surface area contributed by atoms with Crippen LogP contribution in [-0.2, 0) is 17.6 Å². The molecule has 3 rings (SSSR count). The van der Waals surface area contributed by atoms with Crippen LogP contribution in [0.4, 0.5) is 5.00 Å². The van der Waals surface area contributed by atoms with Gasteiger partial charge in [-0.25, -0.2) is 4.79 Å². The SMILES string of the molecule is CCCCOc1cccc(C(=O)NC(=S)Nc2sc3c(c2C(=O)OC)CCCC3)c1. The van der Waals surface area contributed by atoms with Crippen LogP contribution >= 0.6 is 23.6 Å². The lowest BCUT2D eigenvalue weighted by atomic mass is 9.95. The predicted molar refractivity (Wildman–Crippen MR) is 123 cm³/mol. The average molecular weight is 447 g/mol. The molecular formula is C22H26N2O4S2. The number of aryl methyl sites for hydroxylation is 1. The molecular weight excluding hydrogens is 420 g/mol. The van der Waals surface area contributed by atoms with E-state index in [0.717, 1.165) is 44.1 Å². The molecule has 160 valence electrons. The van der Waals surface area contributed by atoms with E-state index >= 15 is 0 Å². The first kappa shape index (κ1) is 22.2. The number of hydrogen-bond acceptors (Lipinski definition) is 6. The molecule has 0 saturated carbocycles. The fraction of sp³-hybridized carbons (Fsp3) is 0.409. The van der Waals surface area contributed by atoms with Crippen LogP contribution in [0.15, 0.2) is 24.3 Å². The minimum absolute atomic E-state index is 0.140. The van der Waals surface area contributed by atoms with E-state index in [1.807, 2.05) is 6.07 Å². The van der Waals surface area contributed by atoms with E-state index in [-0.39, 0.29) is 17.0 Å². The van der Waals surface area contributed by atoms with Crippen molar-refractivity contribution >= 4 is 45.5 Å². The fourth-order valence-corrected chi connectivity index (χ4v) is 4.88. The number of methoxy groups -OCH3 is 1. The molecule has 1 aliphatic rings. The van der Waals surface area contributed by atoms with Crippen molar-refractivity contribution in [2.75, 3.05) is 19.0 Å². The Balaban J connectivity index is 1.69. The topological polar surface area (TPSA) is 76.7 Å². The molecule has 2 aromatic rings. The summed E-state index contributed by atoms with van der Waals surface area (Å²) in [5, 5.41) is 6.47. The summed E-state index contributed by atoms with van der Waals surface area (Å²) in [6.45, 7) is 2.71. The lowest BCUT2D eigenvalue weighted by Crippen LogP contribution is -2.34. The molecule has 0 bridgehead atoms. The number of fused-ring (bicyclic) bond motifs is 1. The van der Waals surface area contributed by atoms with Crippen LogP contribution in [0.5, 0.6) is 5.75 Å². The molecule has 0 spiro atoms. The molecule has 2 N–H and O–H groups in total. The number of anilines is 1. The molecule has 1 heterocycles. The van der Waals surface area contributed by atoms with Crippen LogP contribution in [0.2, 0.25) is 0 Å². The van der Waals surface area contributed by atoms with Gasteiger partial charge in [-0.2, -0.15) is 0 Å². The van der Waals surface area contributed by atoms with Crippen molar-refractivity contribution in [2.24, 2.45) is 0 Å². The first-order valence-corrected chi connectivity index (χ1v) is 11.3. The number of rotatable bonds is 7. The van der Waals surface area contributed by atoms with Crippen molar-refractivity contribution < 1.29 is 19.1 Å². The normalized spacial score (nSPS) is 12.6. The Bertz CT molecular complexity index is 939. The Morgan fingerprint density at radius 3 is 2.80 bits per heavy atom. The zero-order valence-corrected chi connectivity index (χ0v) is 18.8. The number of benzene rings is 1. The number of carbonyl (C=O) groups excluding carboxylic acids is 2. The van der Waals surface area contributed by atoms with E-state index < -0.39 is 0 Å². The monoisotopic (exact) mass is 446 g/mol. The molecule has 1 aromatic carbocycles. The van der Waals surface area contributed by atoms with Gasteiger partial charge in [0.05, 0.1) is 19.3 Å². The predicted octanol–water partition coefficient (Wildman–Crippen LogP) is 4.72. The third-order valence-corrected chi connectivity index (χ3v) is 6.29. The summed E-state index contributed by atoms with van der Waals surface area (Å²) in [5.74, 6) is -0.0776. The lowest BCUT2D eigenvalue weighted by molar-refractivity contribution is 0.0601. The minimum Gasteiger partial charge on any atom is -0.494 e. The highest BCUT2D eigenvalue weighted by Gasteiger charge is 2.26. The van der Waals surface area contributed by atoms with Crippen LogP contribution in [0.3, 0.4) is 0 Å². The summed E-state index contributed by atoms with van der Waals surface area (Å²) in [5.41, 5.74) is 2.01. The number of amides is 1. The summed E-state index contributed by atoms with van der Waals surface area (Å²) >= 11 is 6.83. The second-order valence-electron chi connectivity index (χ2n) is 7.04. The van der Waals surface area contributed by atoms with Gasteiger partial charge in [0, 0.05) is 10.4 Å². The summed E-state index contributed by atoms with van der Waals surface area (Å²) in [6.07, 6.45) is 5.94. The Hall–Kier alpha value is -2.45. The van der Waals surface area contributed by atoms with Crippen LogP contribution < -0.4 is 15.4 Å². The molecule has 0 fully saturated rings. The lowest BCUT2D eigenvalue weighted by Gasteiger charge is -2.12. The van der Waals surface area contributed by atoms with E-state index in [1.165, 1.54) is 23.3 Å². The maximum atomic E-state index is 12.6. The second kappa shape index (κ2) is 10.5. The van der Waals surface area contributed by atoms with E-state index in [1.54, 1.807) is 18.2 Å². The molecule has 0 radical (unpaired) electrons. The molecule has 30 heavy (non-hydrogen) atoms. The van der Waals surface area contributed by atoms with Crippen molar-refractivity contribution in [3.63, 3.8) is 0 Å². The minimum atomic E-state index is -0.386. The molecule has 0 saturated heterocycles. The number of nitrogens with one attached hydrogen (secondary N) is 2. The third-order valence-electron chi connectivity index (χ3n) is 4.88. The second-order valence-corrected chi connectivity index (χ2v) is 8.56. The van der Waals surface area contributed by atoms with Crippen molar-refractivity contribution in [1.82, 2.24) is 5.32 Å². The first-order chi connectivity index (χ1) is 14.5. The number of hydrogen-bond donors (Lipinski definition) is 2. The molecule has 1 aliphatic carbocycles. The van der Waals surface area contributed by atoms with Gasteiger partial charge >= 0.3 is 5.97 Å². The van der Waals surface area contributed by atoms with Crippen LogP contribution in [0.25, 0.3) is 0 Å². The highest BCUT2D eigenvalue weighted by molar-refractivity contribution is 7.80. The third kappa shape index (κ3) is 5.37. The summed E-state index contributed by atoms with van der Waals surface area (Å²) in [6, 6.07) is 6.99. The summed E-state index contributed by atoms with van der Waals surface area (Å²) in [4.78, 5) is 26.1. The summed E-state index contributed by atoms with van der Waals surface area (Å²) in [7, 11) is 1.37. The zero-order valence-electron chi connectivity index (χ0n) is 17.2. The van der Waals surface area contributed by atoms with Gasteiger partial charge in [0.25, 0.3) is 5.91 Å². The van der Waals surface area contributed by atoms with E-state index in [4.69, 9.17) is 21.7 Å². The molecule has 0 atom stereocenters. The van der Waals surface area contributed by atoms with E-state index in [9.17, 15) is 9.59 Å². The Labute approximate surface area is 186 Å². The summed E-state index contributed by atoms with van der Waals surface area (Å²) < 4.78 is 10.6. The standard InChI is InChI=1S/C22H26N2O4S2/c1-3-4-12-28-15-9-7-8-14(13-15)19(25)23-22(29)24-20-18(21(26)27-2)16-10-5-6-11-17(16)30-20/h7-9,13H,3-6,10-12H2,1-2H3,(H2,23,24,25,29). The molecule has 1 aromatic heterocycles. The highest BCUT2D eigenvalue weighted by Crippen LogP contribution is 2.38. The Kier molecular flexibility index (Phi) is 7.81. The van der Waals surface area contributed by atoms with Gasteiger partial charge in [0.15, 0.2) is 5.11 Å². The first-order valence-electron chi connectivity index (χ1n) is 10.1. The van der Waals surface area contributed by atoms with Gasteiger partial charge in [-0.3, -0.25) is 10.1 Å². The van der Waals surface area contributed by atoms with E-state index in [2.05, 4.69) is 17.6 Å². The average Bonchev–Trinajstić information content (AvgIpc) is 3.11. The molecule has 6 nitrogen and oxygen atoms in total. The number of carbonyl (C=O) groups is 2. The van der Waals surface area contributed by atoms with Gasteiger partial charge < -0.3 is 14.8 Å². The Morgan fingerprint density at radius 2 is 2.03 bits per heavy atom. The van der Waals surface area contributed by atoms with Crippen LogP contribution in [-0.4, -0.2) is 30.7 Å². The molecule has 8 heteroatoms.